The molecule has 1 N–H and O–H groups in total. The summed E-state index contributed by atoms with van der Waals surface area (Å²) in [6.45, 7) is 6.24. The molecule has 0 saturated carbocycles. The predicted molar refractivity (Wildman–Crippen MR) is 140 cm³/mol. The van der Waals surface area contributed by atoms with Crippen molar-refractivity contribution in [1.29, 1.82) is 0 Å². The molecule has 1 aliphatic heterocycles. The van der Waals surface area contributed by atoms with Crippen LogP contribution in [0, 0.1) is 13.8 Å². The Bertz CT molecular complexity index is 1410. The van der Waals surface area contributed by atoms with Gasteiger partial charge in [0.1, 0.15) is 16.9 Å². The Kier molecular flexibility index (Phi) is 5.99. The van der Waals surface area contributed by atoms with E-state index in [2.05, 4.69) is 5.32 Å². The fraction of sp³-hybridized carbons (Fsp3) is 0.222. The van der Waals surface area contributed by atoms with E-state index in [1.54, 1.807) is 46.0 Å². The number of fused-ring (bicyclic) bond motifs is 1. The average molecular weight is 505 g/mol. The summed E-state index contributed by atoms with van der Waals surface area (Å²) in [7, 11) is 0. The first-order valence-electron chi connectivity index (χ1n) is 11.3. The minimum atomic E-state index is -1.22. The SMILES string of the molecule is Cc1ccc(CNC(=O)C2(C)Cn3nc(-c4cccs4)cc3C(=O)N2c2cccc(Cl)c2C)cc1. The maximum absolute atomic E-state index is 13.9. The van der Waals surface area contributed by atoms with Crippen LogP contribution in [0.4, 0.5) is 5.69 Å². The summed E-state index contributed by atoms with van der Waals surface area (Å²) in [5.41, 5.74) is 3.43. The quantitative estimate of drug-likeness (QED) is 0.383. The van der Waals surface area contributed by atoms with Crippen molar-refractivity contribution < 1.29 is 9.59 Å². The molecule has 0 saturated heterocycles. The first kappa shape index (κ1) is 23.3. The summed E-state index contributed by atoms with van der Waals surface area (Å²) in [6.07, 6.45) is 0. The van der Waals surface area contributed by atoms with Gasteiger partial charge in [-0.05, 0) is 61.5 Å². The second-order valence-electron chi connectivity index (χ2n) is 9.02. The Morgan fingerprint density at radius 2 is 1.91 bits per heavy atom. The Morgan fingerprint density at radius 3 is 2.63 bits per heavy atom. The molecule has 1 atom stereocenters. The van der Waals surface area contributed by atoms with Crippen molar-refractivity contribution in [2.24, 2.45) is 0 Å². The molecule has 2 aromatic heterocycles. The highest BCUT2D eigenvalue weighted by Gasteiger charge is 2.49. The number of rotatable bonds is 5. The number of thiophene rings is 1. The summed E-state index contributed by atoms with van der Waals surface area (Å²) in [5.74, 6) is -0.547. The number of anilines is 1. The zero-order valence-corrected chi connectivity index (χ0v) is 21.3. The number of carbonyl (C=O) groups is 2. The predicted octanol–water partition coefficient (Wildman–Crippen LogP) is 5.62. The molecule has 3 heterocycles. The number of nitrogens with one attached hydrogen (secondary N) is 1. The average Bonchev–Trinajstić information content (AvgIpc) is 3.51. The molecule has 2 amide bonds. The molecule has 35 heavy (non-hydrogen) atoms. The van der Waals surface area contributed by atoms with Crippen molar-refractivity contribution in [3.63, 3.8) is 0 Å². The Labute approximate surface area is 213 Å². The molecule has 178 valence electrons. The zero-order chi connectivity index (χ0) is 24.7. The standard InChI is InChI=1S/C27H25ClN4O2S/c1-17-9-11-19(12-10-17)15-29-26(34)27(3)16-31-23(14-21(30-31)24-8-5-13-35-24)25(33)32(27)22-7-4-6-20(28)18(22)2/h4-14H,15-16H2,1-3H3,(H,29,34). The van der Waals surface area contributed by atoms with E-state index >= 15 is 0 Å². The first-order valence-corrected chi connectivity index (χ1v) is 12.6. The van der Waals surface area contributed by atoms with Gasteiger partial charge in [0.05, 0.1) is 11.4 Å². The number of amides is 2. The third kappa shape index (κ3) is 4.15. The van der Waals surface area contributed by atoms with Crippen LogP contribution in [0.25, 0.3) is 10.6 Å². The van der Waals surface area contributed by atoms with Crippen molar-refractivity contribution >= 4 is 40.4 Å². The van der Waals surface area contributed by atoms with E-state index in [4.69, 9.17) is 16.7 Å². The summed E-state index contributed by atoms with van der Waals surface area (Å²) in [6, 6.07) is 19.1. The van der Waals surface area contributed by atoms with E-state index in [-0.39, 0.29) is 18.4 Å². The zero-order valence-electron chi connectivity index (χ0n) is 19.7. The molecule has 0 aliphatic carbocycles. The number of aryl methyl sites for hydroxylation is 1. The molecule has 8 heteroatoms. The maximum atomic E-state index is 13.9. The van der Waals surface area contributed by atoms with Crippen LogP contribution >= 0.6 is 22.9 Å². The molecule has 0 fully saturated rings. The fourth-order valence-electron chi connectivity index (χ4n) is 4.42. The Balaban J connectivity index is 1.56. The minimum Gasteiger partial charge on any atom is -0.350 e. The number of nitrogens with zero attached hydrogens (tertiary/aromatic N) is 3. The normalized spacial score (nSPS) is 17.4. The molecular weight excluding hydrogens is 480 g/mol. The van der Waals surface area contributed by atoms with Crippen molar-refractivity contribution in [2.75, 3.05) is 4.90 Å². The van der Waals surface area contributed by atoms with Gasteiger partial charge in [-0.2, -0.15) is 5.10 Å². The van der Waals surface area contributed by atoms with E-state index in [9.17, 15) is 9.59 Å². The molecular formula is C27H25ClN4O2S. The van der Waals surface area contributed by atoms with Gasteiger partial charge >= 0.3 is 0 Å². The van der Waals surface area contributed by atoms with Crippen LogP contribution < -0.4 is 10.2 Å². The Hall–Kier alpha value is -3.42. The summed E-state index contributed by atoms with van der Waals surface area (Å²) in [5, 5.41) is 10.2. The first-order chi connectivity index (χ1) is 16.8. The van der Waals surface area contributed by atoms with Crippen LogP contribution in [0.2, 0.25) is 5.02 Å². The van der Waals surface area contributed by atoms with Gasteiger partial charge in [0.25, 0.3) is 5.91 Å². The second kappa shape index (κ2) is 8.98. The number of benzene rings is 2. The summed E-state index contributed by atoms with van der Waals surface area (Å²) < 4.78 is 1.65. The maximum Gasteiger partial charge on any atom is 0.277 e. The third-order valence-corrected chi connectivity index (χ3v) is 7.77. The van der Waals surface area contributed by atoms with Crippen LogP contribution in [0.1, 0.15) is 34.1 Å². The van der Waals surface area contributed by atoms with Crippen molar-refractivity contribution in [3.05, 3.63) is 93.5 Å². The molecule has 1 aliphatic rings. The lowest BCUT2D eigenvalue weighted by atomic mass is 9.93. The van der Waals surface area contributed by atoms with Crippen LogP contribution in [-0.2, 0) is 17.9 Å². The van der Waals surface area contributed by atoms with Crippen molar-refractivity contribution in [1.82, 2.24) is 15.1 Å². The molecule has 2 aromatic carbocycles. The van der Waals surface area contributed by atoms with Gasteiger partial charge < -0.3 is 5.32 Å². The van der Waals surface area contributed by atoms with Gasteiger partial charge in [-0.15, -0.1) is 11.3 Å². The van der Waals surface area contributed by atoms with E-state index in [1.165, 1.54) is 0 Å². The van der Waals surface area contributed by atoms with Gasteiger partial charge in [-0.25, -0.2) is 0 Å². The molecule has 1 unspecified atom stereocenters. The highest BCUT2D eigenvalue weighted by atomic mass is 35.5. The molecule has 0 bridgehead atoms. The number of hydrogen-bond donors (Lipinski definition) is 1. The van der Waals surface area contributed by atoms with Gasteiger partial charge in [0, 0.05) is 17.3 Å². The topological polar surface area (TPSA) is 67.2 Å². The van der Waals surface area contributed by atoms with Crippen LogP contribution in [0.5, 0.6) is 0 Å². The van der Waals surface area contributed by atoms with Gasteiger partial charge in [-0.3, -0.25) is 19.2 Å². The second-order valence-corrected chi connectivity index (χ2v) is 10.4. The lowest BCUT2D eigenvalue weighted by Crippen LogP contribution is -2.64. The van der Waals surface area contributed by atoms with Crippen LogP contribution in [0.3, 0.4) is 0 Å². The number of halogens is 1. The smallest absolute Gasteiger partial charge is 0.277 e. The van der Waals surface area contributed by atoms with E-state index in [0.29, 0.717) is 22.9 Å². The molecule has 0 radical (unpaired) electrons. The monoisotopic (exact) mass is 504 g/mol. The fourth-order valence-corrected chi connectivity index (χ4v) is 5.27. The largest absolute Gasteiger partial charge is 0.350 e. The lowest BCUT2D eigenvalue weighted by molar-refractivity contribution is -0.126. The molecule has 5 rings (SSSR count). The van der Waals surface area contributed by atoms with Gasteiger partial charge in [0.15, 0.2) is 0 Å². The van der Waals surface area contributed by atoms with E-state index < -0.39 is 5.54 Å². The molecule has 4 aromatic rings. The van der Waals surface area contributed by atoms with Gasteiger partial charge in [0.2, 0.25) is 5.91 Å². The van der Waals surface area contributed by atoms with Gasteiger partial charge in [-0.1, -0.05) is 53.6 Å². The number of carbonyl (C=O) groups excluding carboxylic acids is 2. The van der Waals surface area contributed by atoms with Crippen molar-refractivity contribution in [2.45, 2.75) is 39.4 Å². The molecule has 6 nitrogen and oxygen atoms in total. The highest BCUT2D eigenvalue weighted by Crippen LogP contribution is 2.38. The van der Waals surface area contributed by atoms with E-state index in [1.807, 2.05) is 61.7 Å². The highest BCUT2D eigenvalue weighted by molar-refractivity contribution is 7.13. The Morgan fingerprint density at radius 1 is 1.14 bits per heavy atom. The minimum absolute atomic E-state index is 0.213. The lowest BCUT2D eigenvalue weighted by Gasteiger charge is -2.43. The number of aromatic nitrogens is 2. The van der Waals surface area contributed by atoms with Crippen LogP contribution in [-0.4, -0.2) is 27.1 Å². The summed E-state index contributed by atoms with van der Waals surface area (Å²) >= 11 is 7.98. The third-order valence-electron chi connectivity index (χ3n) is 6.47. The van der Waals surface area contributed by atoms with Crippen molar-refractivity contribution in [3.8, 4) is 10.6 Å². The summed E-state index contributed by atoms with van der Waals surface area (Å²) in [4.78, 5) is 30.2. The van der Waals surface area contributed by atoms with E-state index in [0.717, 1.165) is 27.3 Å². The number of hydrogen-bond acceptors (Lipinski definition) is 4. The molecule has 0 spiro atoms. The van der Waals surface area contributed by atoms with Crippen LogP contribution in [0.15, 0.2) is 66.0 Å².